The predicted molar refractivity (Wildman–Crippen MR) is 69.6 cm³/mol. The van der Waals surface area contributed by atoms with E-state index in [-0.39, 0.29) is 18.0 Å². The van der Waals surface area contributed by atoms with Crippen molar-refractivity contribution in [2.45, 2.75) is 12.5 Å². The summed E-state index contributed by atoms with van der Waals surface area (Å²) in [5.41, 5.74) is 0.623. The van der Waals surface area contributed by atoms with Crippen LogP contribution >= 0.6 is 11.6 Å². The first-order chi connectivity index (χ1) is 8.54. The molecule has 5 nitrogen and oxygen atoms in total. The summed E-state index contributed by atoms with van der Waals surface area (Å²) in [5.74, 6) is 0.0445. The molecule has 2 N–H and O–H groups in total. The Kier molecular flexibility index (Phi) is 3.72. The zero-order valence-electron chi connectivity index (χ0n) is 9.94. The number of likely N-dealkylation sites (N-methyl/N-ethyl adjacent to an activating group) is 1. The zero-order valence-corrected chi connectivity index (χ0v) is 10.7. The van der Waals surface area contributed by atoms with Crippen LogP contribution in [0.2, 0.25) is 5.02 Å². The van der Waals surface area contributed by atoms with Crippen molar-refractivity contribution in [1.29, 1.82) is 0 Å². The summed E-state index contributed by atoms with van der Waals surface area (Å²) in [6, 6.07) is 6.43. The summed E-state index contributed by atoms with van der Waals surface area (Å²) in [6.45, 7) is 0.543. The Morgan fingerprint density at radius 2 is 2.28 bits per heavy atom. The van der Waals surface area contributed by atoms with Gasteiger partial charge in [0, 0.05) is 30.7 Å². The lowest BCUT2D eigenvalue weighted by Crippen LogP contribution is -2.39. The minimum atomic E-state index is -0.328. The highest BCUT2D eigenvalue weighted by molar-refractivity contribution is 6.30. The maximum Gasteiger partial charge on any atom is 0.319 e. The molecule has 0 aliphatic carbocycles. The first kappa shape index (κ1) is 12.7. The van der Waals surface area contributed by atoms with Crippen LogP contribution in [0.3, 0.4) is 0 Å². The van der Waals surface area contributed by atoms with Gasteiger partial charge in [-0.3, -0.25) is 4.79 Å². The summed E-state index contributed by atoms with van der Waals surface area (Å²) in [7, 11) is 1.72. The molecule has 1 atom stereocenters. The Balaban J connectivity index is 1.88. The lowest BCUT2D eigenvalue weighted by molar-refractivity contribution is -0.126. The number of carbonyl (C=O) groups is 2. The molecule has 0 bridgehead atoms. The number of carbonyl (C=O) groups excluding carboxylic acids is 2. The van der Waals surface area contributed by atoms with E-state index >= 15 is 0 Å². The van der Waals surface area contributed by atoms with Gasteiger partial charge in [0.2, 0.25) is 5.91 Å². The van der Waals surface area contributed by atoms with Crippen molar-refractivity contribution < 1.29 is 9.59 Å². The SMILES string of the molecule is CN1CC(NC(=O)Nc2cccc(Cl)c2)CC1=O. The van der Waals surface area contributed by atoms with Gasteiger partial charge in [0.25, 0.3) is 0 Å². The third-order valence-corrected chi connectivity index (χ3v) is 2.99. The van der Waals surface area contributed by atoms with E-state index in [9.17, 15) is 9.59 Å². The van der Waals surface area contributed by atoms with Gasteiger partial charge >= 0.3 is 6.03 Å². The van der Waals surface area contributed by atoms with Crippen molar-refractivity contribution in [3.8, 4) is 0 Å². The molecule has 1 aliphatic rings. The second kappa shape index (κ2) is 5.27. The van der Waals surface area contributed by atoms with E-state index in [0.29, 0.717) is 23.7 Å². The number of urea groups is 1. The minimum Gasteiger partial charge on any atom is -0.344 e. The predicted octanol–water partition coefficient (Wildman–Crippen LogP) is 1.69. The Morgan fingerprint density at radius 3 is 2.89 bits per heavy atom. The normalized spacial score (nSPS) is 18.9. The van der Waals surface area contributed by atoms with Gasteiger partial charge in [-0.2, -0.15) is 0 Å². The molecule has 1 aromatic carbocycles. The molecule has 1 heterocycles. The van der Waals surface area contributed by atoms with E-state index in [1.165, 1.54) is 0 Å². The number of amides is 3. The van der Waals surface area contributed by atoms with Crippen LogP contribution in [-0.2, 0) is 4.79 Å². The molecule has 18 heavy (non-hydrogen) atoms. The smallest absolute Gasteiger partial charge is 0.319 e. The van der Waals surface area contributed by atoms with Gasteiger partial charge in [-0.05, 0) is 18.2 Å². The Bertz CT molecular complexity index is 478. The number of halogens is 1. The van der Waals surface area contributed by atoms with Gasteiger partial charge in [-0.15, -0.1) is 0 Å². The van der Waals surface area contributed by atoms with E-state index < -0.39 is 0 Å². The van der Waals surface area contributed by atoms with E-state index in [2.05, 4.69) is 10.6 Å². The molecule has 0 spiro atoms. The molecule has 1 unspecified atom stereocenters. The molecule has 3 amide bonds. The van der Waals surface area contributed by atoms with Crippen LogP contribution in [-0.4, -0.2) is 36.5 Å². The quantitative estimate of drug-likeness (QED) is 0.857. The number of likely N-dealkylation sites (tertiary alicyclic amines) is 1. The molecular formula is C12H14ClN3O2. The van der Waals surface area contributed by atoms with Crippen LogP contribution in [0.1, 0.15) is 6.42 Å². The fraction of sp³-hybridized carbons (Fsp3) is 0.333. The second-order valence-electron chi connectivity index (χ2n) is 4.28. The molecule has 1 aliphatic heterocycles. The summed E-state index contributed by atoms with van der Waals surface area (Å²) in [6.07, 6.45) is 0.347. The van der Waals surface area contributed by atoms with E-state index in [1.54, 1.807) is 36.2 Å². The van der Waals surface area contributed by atoms with Crippen LogP contribution in [0.15, 0.2) is 24.3 Å². The monoisotopic (exact) mass is 267 g/mol. The molecule has 1 saturated heterocycles. The third kappa shape index (κ3) is 3.13. The number of nitrogens with zero attached hydrogens (tertiary/aromatic N) is 1. The van der Waals surface area contributed by atoms with Crippen LogP contribution in [0.5, 0.6) is 0 Å². The van der Waals surface area contributed by atoms with E-state index in [4.69, 9.17) is 11.6 Å². The fourth-order valence-electron chi connectivity index (χ4n) is 1.88. The summed E-state index contributed by atoms with van der Waals surface area (Å²) >= 11 is 5.81. The highest BCUT2D eigenvalue weighted by Crippen LogP contribution is 2.15. The maximum atomic E-state index is 11.7. The van der Waals surface area contributed by atoms with Crippen molar-refractivity contribution in [3.63, 3.8) is 0 Å². The summed E-state index contributed by atoms with van der Waals surface area (Å²) < 4.78 is 0. The third-order valence-electron chi connectivity index (χ3n) is 2.76. The number of nitrogens with one attached hydrogen (secondary N) is 2. The van der Waals surface area contributed by atoms with Gasteiger partial charge in [0.05, 0.1) is 6.04 Å². The molecular weight excluding hydrogens is 254 g/mol. The molecule has 96 valence electrons. The Labute approximate surface area is 110 Å². The van der Waals surface area contributed by atoms with Gasteiger partial charge in [-0.25, -0.2) is 4.79 Å². The summed E-state index contributed by atoms with van der Waals surface area (Å²) in [4.78, 5) is 24.6. The standard InChI is InChI=1S/C12H14ClN3O2/c1-16-7-10(6-11(16)17)15-12(18)14-9-4-2-3-8(13)5-9/h2-5,10H,6-7H2,1H3,(H2,14,15,18). The number of anilines is 1. The highest BCUT2D eigenvalue weighted by atomic mass is 35.5. The number of hydrogen-bond donors (Lipinski definition) is 2. The Hall–Kier alpha value is -1.75. The van der Waals surface area contributed by atoms with Crippen molar-refractivity contribution in [1.82, 2.24) is 10.2 Å². The highest BCUT2D eigenvalue weighted by Gasteiger charge is 2.27. The average Bonchev–Trinajstić information content (AvgIpc) is 2.57. The van der Waals surface area contributed by atoms with Crippen molar-refractivity contribution in [3.05, 3.63) is 29.3 Å². The van der Waals surface area contributed by atoms with Crippen LogP contribution in [0.25, 0.3) is 0 Å². The van der Waals surface area contributed by atoms with E-state index in [1.807, 2.05) is 0 Å². The average molecular weight is 268 g/mol. The lowest BCUT2D eigenvalue weighted by atomic mass is 10.2. The fourth-order valence-corrected chi connectivity index (χ4v) is 2.07. The van der Waals surface area contributed by atoms with Gasteiger partial charge in [-0.1, -0.05) is 17.7 Å². The first-order valence-electron chi connectivity index (χ1n) is 5.61. The van der Waals surface area contributed by atoms with Gasteiger partial charge < -0.3 is 15.5 Å². The minimum absolute atomic E-state index is 0.0445. The second-order valence-corrected chi connectivity index (χ2v) is 4.72. The first-order valence-corrected chi connectivity index (χ1v) is 5.99. The molecule has 0 aromatic heterocycles. The van der Waals surface area contributed by atoms with Crippen LogP contribution in [0, 0.1) is 0 Å². The summed E-state index contributed by atoms with van der Waals surface area (Å²) in [5, 5.41) is 5.99. The van der Waals surface area contributed by atoms with Crippen LogP contribution < -0.4 is 10.6 Å². The maximum absolute atomic E-state index is 11.7. The van der Waals surface area contributed by atoms with Crippen molar-refractivity contribution >= 4 is 29.2 Å². The molecule has 1 aromatic rings. The lowest BCUT2D eigenvalue weighted by Gasteiger charge is -2.13. The van der Waals surface area contributed by atoms with Crippen molar-refractivity contribution in [2.24, 2.45) is 0 Å². The number of benzene rings is 1. The van der Waals surface area contributed by atoms with Crippen molar-refractivity contribution in [2.75, 3.05) is 18.9 Å². The van der Waals surface area contributed by atoms with Gasteiger partial charge in [0.1, 0.15) is 0 Å². The number of hydrogen-bond acceptors (Lipinski definition) is 2. The molecule has 1 fully saturated rings. The molecule has 0 saturated carbocycles. The molecule has 0 radical (unpaired) electrons. The topological polar surface area (TPSA) is 61.4 Å². The molecule has 6 heteroatoms. The Morgan fingerprint density at radius 1 is 1.50 bits per heavy atom. The molecule has 2 rings (SSSR count). The van der Waals surface area contributed by atoms with Gasteiger partial charge in [0.15, 0.2) is 0 Å². The zero-order chi connectivity index (χ0) is 13.1. The van der Waals surface area contributed by atoms with Crippen LogP contribution in [0.4, 0.5) is 10.5 Å². The van der Waals surface area contributed by atoms with E-state index in [0.717, 1.165) is 0 Å². The number of rotatable bonds is 2. The largest absolute Gasteiger partial charge is 0.344 e.